The molecule has 0 N–H and O–H groups in total. The van der Waals surface area contributed by atoms with E-state index in [0.29, 0.717) is 32.6 Å². The Morgan fingerprint density at radius 2 is 2.21 bits per heavy atom. The first-order valence-electron chi connectivity index (χ1n) is 8.43. The molecule has 1 aliphatic heterocycles. The Morgan fingerprint density at radius 1 is 1.38 bits per heavy atom. The van der Waals surface area contributed by atoms with Gasteiger partial charge in [0, 0.05) is 24.0 Å². The summed E-state index contributed by atoms with van der Waals surface area (Å²) in [4.78, 5) is 25.9. The summed E-state index contributed by atoms with van der Waals surface area (Å²) in [6, 6.07) is 7.64. The number of nitrogens with zero attached hydrogens (tertiary/aromatic N) is 1. The van der Waals surface area contributed by atoms with Crippen LogP contribution in [0.1, 0.15) is 32.6 Å². The molecule has 132 valence electrons. The van der Waals surface area contributed by atoms with Crippen molar-refractivity contribution in [3.05, 3.63) is 28.7 Å². The van der Waals surface area contributed by atoms with E-state index in [4.69, 9.17) is 9.47 Å². The van der Waals surface area contributed by atoms with E-state index in [9.17, 15) is 9.59 Å². The monoisotopic (exact) mass is 397 g/mol. The molecule has 2 rings (SSSR count). The van der Waals surface area contributed by atoms with E-state index >= 15 is 0 Å². The fourth-order valence-corrected chi connectivity index (χ4v) is 3.16. The lowest BCUT2D eigenvalue weighted by Gasteiger charge is -2.31. The third-order valence-electron chi connectivity index (χ3n) is 3.99. The Labute approximate surface area is 151 Å². The average molecular weight is 398 g/mol. The second-order valence-electron chi connectivity index (χ2n) is 5.84. The highest BCUT2D eigenvalue weighted by atomic mass is 79.9. The minimum absolute atomic E-state index is 0.0850. The number of likely N-dealkylation sites (tertiary alicyclic amines) is 1. The van der Waals surface area contributed by atoms with Gasteiger partial charge in [-0.1, -0.05) is 22.0 Å². The normalized spacial score (nSPS) is 17.4. The number of hydrogen-bond acceptors (Lipinski definition) is 4. The van der Waals surface area contributed by atoms with Crippen molar-refractivity contribution in [2.24, 2.45) is 5.92 Å². The van der Waals surface area contributed by atoms with Crippen LogP contribution in [0.15, 0.2) is 28.7 Å². The van der Waals surface area contributed by atoms with E-state index in [2.05, 4.69) is 15.9 Å². The molecule has 1 heterocycles. The van der Waals surface area contributed by atoms with Crippen LogP contribution in [0.2, 0.25) is 0 Å². The summed E-state index contributed by atoms with van der Waals surface area (Å²) >= 11 is 3.40. The molecule has 0 bridgehead atoms. The number of ether oxygens (including phenoxy) is 2. The van der Waals surface area contributed by atoms with E-state index < -0.39 is 0 Å². The molecule has 1 aromatic carbocycles. The van der Waals surface area contributed by atoms with Gasteiger partial charge in [0.15, 0.2) is 0 Å². The topological polar surface area (TPSA) is 55.8 Å². The van der Waals surface area contributed by atoms with E-state index in [1.165, 1.54) is 0 Å². The van der Waals surface area contributed by atoms with E-state index in [-0.39, 0.29) is 17.8 Å². The first-order chi connectivity index (χ1) is 11.6. The molecular weight excluding hydrogens is 374 g/mol. The van der Waals surface area contributed by atoms with Crippen LogP contribution in [0.25, 0.3) is 0 Å². The Balaban J connectivity index is 1.71. The van der Waals surface area contributed by atoms with Gasteiger partial charge in [-0.3, -0.25) is 9.59 Å². The highest BCUT2D eigenvalue weighted by molar-refractivity contribution is 9.10. The van der Waals surface area contributed by atoms with Gasteiger partial charge in [0.1, 0.15) is 5.75 Å². The lowest BCUT2D eigenvalue weighted by molar-refractivity contribution is -0.151. The molecule has 24 heavy (non-hydrogen) atoms. The number of hydrogen-bond donors (Lipinski definition) is 0. The summed E-state index contributed by atoms with van der Waals surface area (Å²) in [5.41, 5.74) is 0. The summed E-state index contributed by atoms with van der Waals surface area (Å²) in [5.74, 6) is 0.507. The second kappa shape index (κ2) is 9.67. The summed E-state index contributed by atoms with van der Waals surface area (Å²) in [6.45, 7) is 3.88. The number of carbonyl (C=O) groups is 2. The van der Waals surface area contributed by atoms with Gasteiger partial charge in [0.2, 0.25) is 5.91 Å². The van der Waals surface area contributed by atoms with Gasteiger partial charge in [-0.2, -0.15) is 0 Å². The predicted molar refractivity (Wildman–Crippen MR) is 94.8 cm³/mol. The van der Waals surface area contributed by atoms with Crippen molar-refractivity contribution in [1.82, 2.24) is 4.90 Å². The van der Waals surface area contributed by atoms with Crippen LogP contribution < -0.4 is 4.74 Å². The Hall–Kier alpha value is -1.56. The smallest absolute Gasteiger partial charge is 0.310 e. The molecule has 1 unspecified atom stereocenters. The summed E-state index contributed by atoms with van der Waals surface area (Å²) in [5, 5.41) is 0. The zero-order chi connectivity index (χ0) is 17.4. The molecular formula is C18H24BrNO4. The largest absolute Gasteiger partial charge is 0.494 e. The van der Waals surface area contributed by atoms with Crippen molar-refractivity contribution in [1.29, 1.82) is 0 Å². The van der Waals surface area contributed by atoms with Crippen molar-refractivity contribution < 1.29 is 19.1 Å². The first kappa shape index (κ1) is 18.8. The first-order valence-corrected chi connectivity index (χ1v) is 9.22. The van der Waals surface area contributed by atoms with Gasteiger partial charge in [-0.05, 0) is 44.4 Å². The van der Waals surface area contributed by atoms with Gasteiger partial charge in [0.25, 0.3) is 0 Å². The van der Waals surface area contributed by atoms with Gasteiger partial charge in [-0.15, -0.1) is 0 Å². The molecule has 1 aromatic rings. The van der Waals surface area contributed by atoms with Crippen molar-refractivity contribution in [3.63, 3.8) is 0 Å². The maximum absolute atomic E-state index is 12.3. The zero-order valence-corrected chi connectivity index (χ0v) is 15.6. The number of rotatable bonds is 7. The third-order valence-corrected chi connectivity index (χ3v) is 4.49. The fraction of sp³-hybridized carbons (Fsp3) is 0.556. The Bertz CT molecular complexity index is 564. The number of amides is 1. The number of halogens is 1. The van der Waals surface area contributed by atoms with E-state index in [0.717, 1.165) is 29.6 Å². The maximum atomic E-state index is 12.3. The maximum Gasteiger partial charge on any atom is 0.310 e. The lowest BCUT2D eigenvalue weighted by Crippen LogP contribution is -2.42. The van der Waals surface area contributed by atoms with Gasteiger partial charge >= 0.3 is 5.97 Å². The van der Waals surface area contributed by atoms with Crippen LogP contribution in [0, 0.1) is 5.92 Å². The Morgan fingerprint density at radius 3 is 2.96 bits per heavy atom. The molecule has 5 nitrogen and oxygen atoms in total. The summed E-state index contributed by atoms with van der Waals surface area (Å²) in [6.07, 6.45) is 2.74. The number of carbonyl (C=O) groups excluding carboxylic acids is 2. The standard InChI is InChI=1S/C18H24BrNO4/c1-2-23-18(22)14-6-4-10-20(13-14)17(21)9-5-11-24-16-8-3-7-15(19)12-16/h3,7-8,12,14H,2,4-6,9-11,13H2,1H3. The van der Waals surface area contributed by atoms with Crippen LogP contribution in [0.4, 0.5) is 0 Å². The van der Waals surface area contributed by atoms with Crippen molar-refractivity contribution >= 4 is 27.8 Å². The van der Waals surface area contributed by atoms with Crippen LogP contribution in [0.5, 0.6) is 5.75 Å². The molecule has 0 aliphatic carbocycles. The second-order valence-corrected chi connectivity index (χ2v) is 6.76. The highest BCUT2D eigenvalue weighted by Gasteiger charge is 2.28. The SMILES string of the molecule is CCOC(=O)C1CCCN(C(=O)CCCOc2cccc(Br)c2)C1. The molecule has 0 aromatic heterocycles. The summed E-state index contributed by atoms with van der Waals surface area (Å²) in [7, 11) is 0. The van der Waals surface area contributed by atoms with Gasteiger partial charge in [-0.25, -0.2) is 0 Å². The Kier molecular flexibility index (Phi) is 7.56. The molecule has 0 spiro atoms. The van der Waals surface area contributed by atoms with Crippen molar-refractivity contribution in [2.45, 2.75) is 32.6 Å². The molecule has 1 saturated heterocycles. The molecule has 1 aliphatic rings. The number of esters is 1. The minimum atomic E-state index is -0.187. The average Bonchev–Trinajstić information content (AvgIpc) is 2.59. The molecule has 0 radical (unpaired) electrons. The fourth-order valence-electron chi connectivity index (χ4n) is 2.78. The van der Waals surface area contributed by atoms with Crippen molar-refractivity contribution in [2.75, 3.05) is 26.3 Å². The van der Waals surface area contributed by atoms with Crippen LogP contribution in [0.3, 0.4) is 0 Å². The van der Waals surface area contributed by atoms with E-state index in [1.807, 2.05) is 24.3 Å². The van der Waals surface area contributed by atoms with Crippen LogP contribution >= 0.6 is 15.9 Å². The molecule has 1 atom stereocenters. The van der Waals surface area contributed by atoms with E-state index in [1.54, 1.807) is 11.8 Å². The molecule has 0 saturated carbocycles. The molecule has 6 heteroatoms. The lowest BCUT2D eigenvalue weighted by atomic mass is 9.98. The van der Waals surface area contributed by atoms with Crippen LogP contribution in [-0.2, 0) is 14.3 Å². The third kappa shape index (κ3) is 5.82. The van der Waals surface area contributed by atoms with Gasteiger partial charge < -0.3 is 14.4 Å². The number of benzene rings is 1. The van der Waals surface area contributed by atoms with Crippen LogP contribution in [-0.4, -0.2) is 43.1 Å². The van der Waals surface area contributed by atoms with Gasteiger partial charge in [0.05, 0.1) is 19.1 Å². The number of piperidine rings is 1. The summed E-state index contributed by atoms with van der Waals surface area (Å²) < 4.78 is 11.7. The quantitative estimate of drug-likeness (QED) is 0.522. The zero-order valence-electron chi connectivity index (χ0n) is 14.0. The minimum Gasteiger partial charge on any atom is -0.494 e. The highest BCUT2D eigenvalue weighted by Crippen LogP contribution is 2.20. The predicted octanol–water partition coefficient (Wildman–Crippen LogP) is 3.41. The van der Waals surface area contributed by atoms with Crippen molar-refractivity contribution in [3.8, 4) is 5.75 Å². The molecule has 1 amide bonds. The molecule has 1 fully saturated rings.